The SMILES string of the molecule is CN(C)CC=CC(=O)N1CCC(Nc2ncnc(N)c2-c2ccc(Oc3ccccc3)cc2)CC1. The Morgan fingerprint density at radius 2 is 1.77 bits per heavy atom. The molecule has 1 aliphatic rings. The summed E-state index contributed by atoms with van der Waals surface area (Å²) in [4.78, 5) is 25.0. The van der Waals surface area contributed by atoms with E-state index in [1.165, 1.54) is 6.33 Å². The molecule has 35 heavy (non-hydrogen) atoms. The first-order valence-electron chi connectivity index (χ1n) is 11.8. The molecule has 1 amide bonds. The number of nitrogens with one attached hydrogen (secondary N) is 1. The fourth-order valence-corrected chi connectivity index (χ4v) is 4.01. The van der Waals surface area contributed by atoms with Crippen LogP contribution in [0.5, 0.6) is 11.5 Å². The van der Waals surface area contributed by atoms with Crippen LogP contribution in [0.1, 0.15) is 12.8 Å². The maximum atomic E-state index is 12.4. The summed E-state index contributed by atoms with van der Waals surface area (Å²) >= 11 is 0. The number of carbonyl (C=O) groups is 1. The van der Waals surface area contributed by atoms with Crippen molar-refractivity contribution in [3.05, 3.63) is 73.1 Å². The molecular formula is C27H32N6O2. The molecule has 3 N–H and O–H groups in total. The van der Waals surface area contributed by atoms with Crippen LogP contribution in [-0.2, 0) is 4.79 Å². The number of ether oxygens (including phenoxy) is 1. The summed E-state index contributed by atoms with van der Waals surface area (Å²) in [5.41, 5.74) is 7.94. The highest BCUT2D eigenvalue weighted by molar-refractivity contribution is 5.87. The van der Waals surface area contributed by atoms with Crippen molar-refractivity contribution in [2.45, 2.75) is 18.9 Å². The minimum Gasteiger partial charge on any atom is -0.457 e. The van der Waals surface area contributed by atoms with E-state index in [9.17, 15) is 4.79 Å². The molecule has 0 bridgehead atoms. The molecule has 1 saturated heterocycles. The second kappa shape index (κ2) is 11.5. The predicted molar refractivity (Wildman–Crippen MR) is 139 cm³/mol. The van der Waals surface area contributed by atoms with Crippen molar-refractivity contribution in [2.24, 2.45) is 0 Å². The van der Waals surface area contributed by atoms with E-state index in [-0.39, 0.29) is 11.9 Å². The van der Waals surface area contributed by atoms with Gasteiger partial charge in [0.25, 0.3) is 0 Å². The van der Waals surface area contributed by atoms with Crippen LogP contribution in [0, 0.1) is 0 Å². The number of nitrogens with two attached hydrogens (primary N) is 1. The lowest BCUT2D eigenvalue weighted by Gasteiger charge is -2.32. The standard InChI is InChI=1S/C27H32N6O2/c1-32(2)16-6-9-24(34)33-17-14-21(15-18-33)31-27-25(26(28)29-19-30-27)20-10-12-23(13-11-20)35-22-7-4-3-5-8-22/h3-13,19,21H,14-18H2,1-2H3,(H3,28,29,30,31). The summed E-state index contributed by atoms with van der Waals surface area (Å²) < 4.78 is 5.90. The molecule has 0 unspecified atom stereocenters. The van der Waals surface area contributed by atoms with Gasteiger partial charge in [-0.05, 0) is 56.8 Å². The minimum absolute atomic E-state index is 0.0649. The average molecular weight is 473 g/mol. The molecule has 0 saturated carbocycles. The number of anilines is 2. The van der Waals surface area contributed by atoms with Gasteiger partial charge in [0.05, 0.1) is 5.56 Å². The van der Waals surface area contributed by atoms with Gasteiger partial charge in [-0.2, -0.15) is 0 Å². The van der Waals surface area contributed by atoms with E-state index in [2.05, 4.69) is 15.3 Å². The van der Waals surface area contributed by atoms with Crippen LogP contribution < -0.4 is 15.8 Å². The van der Waals surface area contributed by atoms with Crippen molar-refractivity contribution >= 4 is 17.5 Å². The van der Waals surface area contributed by atoms with Crippen LogP contribution in [0.3, 0.4) is 0 Å². The summed E-state index contributed by atoms with van der Waals surface area (Å²) in [6.07, 6.45) is 6.71. The number of amides is 1. The summed E-state index contributed by atoms with van der Waals surface area (Å²) in [7, 11) is 3.96. The Morgan fingerprint density at radius 1 is 1.09 bits per heavy atom. The number of para-hydroxylation sites is 1. The molecule has 1 aliphatic heterocycles. The topological polar surface area (TPSA) is 96.6 Å². The van der Waals surface area contributed by atoms with Gasteiger partial charge in [0, 0.05) is 31.8 Å². The molecule has 2 aromatic carbocycles. The number of hydrogen-bond donors (Lipinski definition) is 2. The number of hydrogen-bond acceptors (Lipinski definition) is 7. The van der Waals surface area contributed by atoms with Crippen molar-refractivity contribution in [3.63, 3.8) is 0 Å². The zero-order valence-corrected chi connectivity index (χ0v) is 20.2. The maximum Gasteiger partial charge on any atom is 0.246 e. The number of nitrogens with zero attached hydrogens (tertiary/aromatic N) is 4. The Balaban J connectivity index is 1.40. The van der Waals surface area contributed by atoms with Crippen molar-refractivity contribution in [1.82, 2.24) is 19.8 Å². The highest BCUT2D eigenvalue weighted by Gasteiger charge is 2.23. The zero-order chi connectivity index (χ0) is 24.6. The number of benzene rings is 2. The molecule has 1 aromatic heterocycles. The maximum absolute atomic E-state index is 12.4. The Labute approximate surface area is 206 Å². The molecule has 182 valence electrons. The van der Waals surface area contributed by atoms with Crippen molar-refractivity contribution < 1.29 is 9.53 Å². The van der Waals surface area contributed by atoms with Crippen LogP contribution in [-0.4, -0.2) is 65.4 Å². The summed E-state index contributed by atoms with van der Waals surface area (Å²) in [5.74, 6) is 2.70. The molecule has 4 rings (SSSR count). The third kappa shape index (κ3) is 6.58. The zero-order valence-electron chi connectivity index (χ0n) is 20.2. The lowest BCUT2D eigenvalue weighted by Crippen LogP contribution is -2.42. The number of carbonyl (C=O) groups excluding carboxylic acids is 1. The van der Waals surface area contributed by atoms with E-state index < -0.39 is 0 Å². The molecule has 0 radical (unpaired) electrons. The first kappa shape index (κ1) is 24.2. The first-order chi connectivity index (χ1) is 17.0. The number of aromatic nitrogens is 2. The van der Waals surface area contributed by atoms with Gasteiger partial charge < -0.3 is 25.6 Å². The first-order valence-corrected chi connectivity index (χ1v) is 11.8. The number of likely N-dealkylation sites (N-methyl/N-ethyl adjacent to an activating group) is 1. The van der Waals surface area contributed by atoms with Gasteiger partial charge in [-0.25, -0.2) is 9.97 Å². The smallest absolute Gasteiger partial charge is 0.246 e. The van der Waals surface area contributed by atoms with Gasteiger partial charge in [-0.3, -0.25) is 4.79 Å². The summed E-state index contributed by atoms with van der Waals surface area (Å²) in [6.45, 7) is 2.15. The van der Waals surface area contributed by atoms with E-state index in [0.717, 1.165) is 42.0 Å². The Kier molecular flexibility index (Phi) is 7.95. The molecule has 0 spiro atoms. The molecule has 8 heteroatoms. The third-order valence-electron chi connectivity index (χ3n) is 5.88. The van der Waals surface area contributed by atoms with Gasteiger partial charge in [0.15, 0.2) is 0 Å². The van der Waals surface area contributed by atoms with Crippen molar-refractivity contribution in [2.75, 3.05) is 44.8 Å². The van der Waals surface area contributed by atoms with E-state index >= 15 is 0 Å². The van der Waals surface area contributed by atoms with Gasteiger partial charge >= 0.3 is 0 Å². The molecule has 8 nitrogen and oxygen atoms in total. The molecule has 0 atom stereocenters. The van der Waals surface area contributed by atoms with E-state index in [0.29, 0.717) is 24.7 Å². The van der Waals surface area contributed by atoms with Gasteiger partial charge in [0.1, 0.15) is 29.5 Å². The van der Waals surface area contributed by atoms with Crippen LogP contribution in [0.4, 0.5) is 11.6 Å². The lowest BCUT2D eigenvalue weighted by atomic mass is 10.0. The Morgan fingerprint density at radius 3 is 2.46 bits per heavy atom. The Hall–Kier alpha value is -3.91. The van der Waals surface area contributed by atoms with Crippen LogP contribution >= 0.6 is 0 Å². The molecule has 0 aliphatic carbocycles. The number of rotatable bonds is 8. The predicted octanol–water partition coefficient (Wildman–Crippen LogP) is 4.04. The molecule has 2 heterocycles. The number of piperidine rings is 1. The largest absolute Gasteiger partial charge is 0.457 e. The van der Waals surface area contributed by atoms with Crippen LogP contribution in [0.2, 0.25) is 0 Å². The minimum atomic E-state index is 0.0649. The average Bonchev–Trinajstić information content (AvgIpc) is 2.86. The van der Waals surface area contributed by atoms with Crippen molar-refractivity contribution in [1.29, 1.82) is 0 Å². The van der Waals surface area contributed by atoms with Gasteiger partial charge in [-0.15, -0.1) is 0 Å². The second-order valence-corrected chi connectivity index (χ2v) is 8.83. The van der Waals surface area contributed by atoms with E-state index in [1.54, 1.807) is 6.08 Å². The van der Waals surface area contributed by atoms with Crippen molar-refractivity contribution in [3.8, 4) is 22.6 Å². The molecular weight excluding hydrogens is 440 g/mol. The van der Waals surface area contributed by atoms with E-state index in [1.807, 2.05) is 84.6 Å². The van der Waals surface area contributed by atoms with E-state index in [4.69, 9.17) is 10.5 Å². The highest BCUT2D eigenvalue weighted by atomic mass is 16.5. The lowest BCUT2D eigenvalue weighted by molar-refractivity contribution is -0.126. The number of nitrogen functional groups attached to an aromatic ring is 1. The Bertz CT molecular complexity index is 1140. The van der Waals surface area contributed by atoms with Crippen LogP contribution in [0.15, 0.2) is 73.1 Å². The summed E-state index contributed by atoms with van der Waals surface area (Å²) in [5, 5.41) is 3.54. The molecule has 1 fully saturated rings. The van der Waals surface area contributed by atoms with Crippen LogP contribution in [0.25, 0.3) is 11.1 Å². The normalized spacial score (nSPS) is 14.4. The van der Waals surface area contributed by atoms with Gasteiger partial charge in [0.2, 0.25) is 5.91 Å². The molecule has 3 aromatic rings. The quantitative estimate of drug-likeness (QED) is 0.478. The fourth-order valence-electron chi connectivity index (χ4n) is 4.01. The summed E-state index contributed by atoms with van der Waals surface area (Å²) in [6, 6.07) is 17.6. The third-order valence-corrected chi connectivity index (χ3v) is 5.88. The fraction of sp³-hybridized carbons (Fsp3) is 0.296. The van der Waals surface area contributed by atoms with Gasteiger partial charge in [-0.1, -0.05) is 36.4 Å². The highest BCUT2D eigenvalue weighted by Crippen LogP contribution is 2.33. The number of likely N-dealkylation sites (tertiary alicyclic amines) is 1. The second-order valence-electron chi connectivity index (χ2n) is 8.83. The monoisotopic (exact) mass is 472 g/mol.